The highest BCUT2D eigenvalue weighted by Crippen LogP contribution is 2.43. The van der Waals surface area contributed by atoms with E-state index >= 15 is 0 Å². The van der Waals surface area contributed by atoms with Gasteiger partial charge in [0.05, 0.1) is 5.54 Å². The van der Waals surface area contributed by atoms with Crippen molar-refractivity contribution in [1.29, 1.82) is 0 Å². The maximum atomic E-state index is 13.1. The molecule has 1 aliphatic carbocycles. The van der Waals surface area contributed by atoms with E-state index in [9.17, 15) is 24.6 Å². The fourth-order valence-corrected chi connectivity index (χ4v) is 4.84. The van der Waals surface area contributed by atoms with Crippen molar-refractivity contribution in [3.05, 3.63) is 56.7 Å². The van der Waals surface area contributed by atoms with Crippen LogP contribution in [0.2, 0.25) is 5.02 Å². The van der Waals surface area contributed by atoms with Crippen LogP contribution in [0, 0.1) is 5.92 Å². The minimum absolute atomic E-state index is 0.150. The average molecular weight is 490 g/mol. The second kappa shape index (κ2) is 9.36. The third-order valence-corrected chi connectivity index (χ3v) is 6.89. The Kier molecular flexibility index (Phi) is 6.66. The molecule has 0 spiro atoms. The standard InChI is InChI=1S/C23H28ClN5O5/c1-28(2)21(34)19(32)27-23-9-7-14(8-10-23)12-29-20(33)17(30)16(26-22(23)29)18(31)25-11-13-3-5-15(24)6-4-13/h3-6,14,19,27,30,32H,7-12H2,1-2H3,(H,25,31). The molecular formula is C23H28ClN5O5. The van der Waals surface area contributed by atoms with E-state index in [0.717, 1.165) is 18.4 Å². The third kappa shape index (κ3) is 4.53. The number of amides is 2. The first-order chi connectivity index (χ1) is 16.1. The summed E-state index contributed by atoms with van der Waals surface area (Å²) in [7, 11) is 3.07. The lowest BCUT2D eigenvalue weighted by atomic mass is 9.77. The van der Waals surface area contributed by atoms with E-state index in [0.29, 0.717) is 24.4 Å². The molecule has 11 heteroatoms. The summed E-state index contributed by atoms with van der Waals surface area (Å²) < 4.78 is 1.37. The highest BCUT2D eigenvalue weighted by molar-refractivity contribution is 6.30. The van der Waals surface area contributed by atoms with Crippen molar-refractivity contribution in [3.8, 4) is 5.75 Å². The number of nitrogens with one attached hydrogen (secondary N) is 2. The molecule has 5 rings (SSSR count). The first kappa shape index (κ1) is 24.2. The van der Waals surface area contributed by atoms with E-state index in [1.54, 1.807) is 24.3 Å². The Morgan fingerprint density at radius 3 is 2.53 bits per heavy atom. The predicted molar refractivity (Wildman–Crippen MR) is 124 cm³/mol. The second-order valence-corrected chi connectivity index (χ2v) is 9.60. The predicted octanol–water partition coefficient (Wildman–Crippen LogP) is 0.928. The monoisotopic (exact) mass is 489 g/mol. The van der Waals surface area contributed by atoms with Crippen molar-refractivity contribution in [2.75, 3.05) is 14.1 Å². The van der Waals surface area contributed by atoms with Crippen molar-refractivity contribution in [2.24, 2.45) is 5.92 Å². The van der Waals surface area contributed by atoms with E-state index in [-0.39, 0.29) is 24.0 Å². The summed E-state index contributed by atoms with van der Waals surface area (Å²) in [4.78, 5) is 44.1. The van der Waals surface area contributed by atoms with Crippen LogP contribution in [0.3, 0.4) is 0 Å². The van der Waals surface area contributed by atoms with Crippen LogP contribution in [0.25, 0.3) is 0 Å². The molecule has 10 nitrogen and oxygen atoms in total. The van der Waals surface area contributed by atoms with Crippen LogP contribution in [-0.2, 0) is 23.4 Å². The number of aromatic hydroxyl groups is 1. The van der Waals surface area contributed by atoms with Gasteiger partial charge >= 0.3 is 0 Å². The van der Waals surface area contributed by atoms with Gasteiger partial charge in [-0.3, -0.25) is 24.3 Å². The van der Waals surface area contributed by atoms with E-state index in [2.05, 4.69) is 15.6 Å². The van der Waals surface area contributed by atoms with Crippen LogP contribution in [-0.4, -0.2) is 56.8 Å². The molecule has 2 amide bonds. The number of carbonyl (C=O) groups excluding carboxylic acids is 2. The number of benzene rings is 1. The molecule has 1 aromatic heterocycles. The molecule has 1 fully saturated rings. The molecule has 1 atom stereocenters. The van der Waals surface area contributed by atoms with Gasteiger partial charge in [0.15, 0.2) is 11.9 Å². The van der Waals surface area contributed by atoms with Gasteiger partial charge in [0, 0.05) is 32.2 Å². The van der Waals surface area contributed by atoms with E-state index in [4.69, 9.17) is 11.6 Å². The Balaban J connectivity index is 1.69. The molecule has 4 N–H and O–H groups in total. The van der Waals surface area contributed by atoms with Crippen molar-refractivity contribution < 1.29 is 19.8 Å². The van der Waals surface area contributed by atoms with Gasteiger partial charge in [-0.15, -0.1) is 0 Å². The Bertz CT molecular complexity index is 1160. The first-order valence-corrected chi connectivity index (χ1v) is 11.5. The van der Waals surface area contributed by atoms with Gasteiger partial charge in [-0.05, 0) is 49.3 Å². The van der Waals surface area contributed by atoms with Crippen LogP contribution in [0.1, 0.15) is 47.6 Å². The number of fused-ring (bicyclic) bond motifs is 2. The van der Waals surface area contributed by atoms with Crippen molar-refractivity contribution in [3.63, 3.8) is 0 Å². The third-order valence-electron chi connectivity index (χ3n) is 6.64. The first-order valence-electron chi connectivity index (χ1n) is 11.1. The maximum Gasteiger partial charge on any atom is 0.296 e. The Morgan fingerprint density at radius 1 is 1.26 bits per heavy atom. The lowest BCUT2D eigenvalue weighted by Gasteiger charge is -2.39. The average Bonchev–Trinajstić information content (AvgIpc) is 3.06. The molecule has 1 aromatic carbocycles. The summed E-state index contributed by atoms with van der Waals surface area (Å²) in [5.41, 5.74) is -1.30. The molecule has 0 saturated heterocycles. The fourth-order valence-electron chi connectivity index (χ4n) is 4.72. The number of rotatable bonds is 6. The van der Waals surface area contributed by atoms with Gasteiger partial charge in [0.2, 0.25) is 5.75 Å². The number of aliphatic hydroxyl groups excluding tert-OH is 1. The molecule has 0 radical (unpaired) electrons. The molecule has 1 unspecified atom stereocenters. The zero-order chi connectivity index (χ0) is 24.6. The van der Waals surface area contributed by atoms with Crippen LogP contribution < -0.4 is 16.2 Å². The minimum Gasteiger partial charge on any atom is -0.501 e. The number of nitrogens with zero attached hydrogens (tertiary/aromatic N) is 3. The maximum absolute atomic E-state index is 13.1. The van der Waals surface area contributed by atoms with Crippen molar-refractivity contribution in [2.45, 2.75) is 50.5 Å². The zero-order valence-corrected chi connectivity index (χ0v) is 19.8. The zero-order valence-electron chi connectivity index (χ0n) is 19.0. The summed E-state index contributed by atoms with van der Waals surface area (Å²) in [5.74, 6) is -1.52. The molecule has 3 aliphatic rings. The fraction of sp³-hybridized carbons (Fsp3) is 0.478. The summed E-state index contributed by atoms with van der Waals surface area (Å²) in [6, 6.07) is 6.89. The Labute approximate surface area is 201 Å². The van der Waals surface area contributed by atoms with Crippen LogP contribution >= 0.6 is 11.6 Å². The van der Waals surface area contributed by atoms with Gasteiger partial charge in [-0.25, -0.2) is 4.98 Å². The molecule has 1 saturated carbocycles. The largest absolute Gasteiger partial charge is 0.501 e. The van der Waals surface area contributed by atoms with E-state index in [1.807, 2.05) is 0 Å². The van der Waals surface area contributed by atoms with Gasteiger partial charge in [-0.2, -0.15) is 0 Å². The number of likely N-dealkylation sites (N-methyl/N-ethyl adjacent to an activating group) is 1. The molecule has 2 aliphatic heterocycles. The number of halogens is 1. The Morgan fingerprint density at radius 2 is 1.91 bits per heavy atom. The summed E-state index contributed by atoms with van der Waals surface area (Å²) in [6.07, 6.45) is 1.04. The van der Waals surface area contributed by atoms with Crippen molar-refractivity contribution >= 4 is 23.4 Å². The van der Waals surface area contributed by atoms with Gasteiger partial charge in [0.1, 0.15) is 5.82 Å². The topological polar surface area (TPSA) is 137 Å². The number of carbonyl (C=O) groups is 2. The van der Waals surface area contributed by atoms with E-state index in [1.165, 1.54) is 23.6 Å². The Hall–Kier alpha value is -2.95. The number of aliphatic hydroxyl groups is 1. The minimum atomic E-state index is -1.51. The van der Waals surface area contributed by atoms with Gasteiger partial charge in [-0.1, -0.05) is 23.7 Å². The highest BCUT2D eigenvalue weighted by atomic mass is 35.5. The molecular weight excluding hydrogens is 462 g/mol. The number of aromatic nitrogens is 2. The van der Waals surface area contributed by atoms with Gasteiger partial charge in [0.25, 0.3) is 17.4 Å². The molecule has 3 heterocycles. The highest BCUT2D eigenvalue weighted by Gasteiger charge is 2.46. The lowest BCUT2D eigenvalue weighted by molar-refractivity contribution is -0.141. The summed E-state index contributed by atoms with van der Waals surface area (Å²) in [5, 5.41) is 27.3. The quantitative estimate of drug-likeness (QED) is 0.443. The smallest absolute Gasteiger partial charge is 0.296 e. The van der Waals surface area contributed by atoms with Crippen LogP contribution in [0.15, 0.2) is 29.1 Å². The molecule has 182 valence electrons. The normalized spacial score (nSPS) is 21.9. The SMILES string of the molecule is CN(C)C(=O)C(O)NC12CCC(CC1)Cn1c2nc(C(=O)NCc2ccc(Cl)cc2)c(O)c1=O. The lowest BCUT2D eigenvalue weighted by Crippen LogP contribution is -2.55. The summed E-state index contributed by atoms with van der Waals surface area (Å²) >= 11 is 5.89. The molecule has 2 bridgehead atoms. The van der Waals surface area contributed by atoms with Crippen LogP contribution in [0.5, 0.6) is 5.75 Å². The molecule has 34 heavy (non-hydrogen) atoms. The van der Waals surface area contributed by atoms with E-state index < -0.39 is 34.9 Å². The second-order valence-electron chi connectivity index (χ2n) is 9.16. The summed E-state index contributed by atoms with van der Waals surface area (Å²) in [6.45, 7) is 0.500. The number of hydrogen-bond donors (Lipinski definition) is 4. The van der Waals surface area contributed by atoms with Crippen molar-refractivity contribution in [1.82, 2.24) is 25.1 Å². The number of hydrogen-bond acceptors (Lipinski definition) is 7. The van der Waals surface area contributed by atoms with Crippen LogP contribution in [0.4, 0.5) is 0 Å². The van der Waals surface area contributed by atoms with Gasteiger partial charge < -0.3 is 20.4 Å². The molecule has 2 aromatic rings.